The Kier molecular flexibility index (Phi) is 4.88. The van der Waals surface area contributed by atoms with E-state index in [9.17, 15) is 9.59 Å². The lowest BCUT2D eigenvalue weighted by molar-refractivity contribution is 0.101. The largest absolute Gasteiger partial charge is 0.320 e. The van der Waals surface area contributed by atoms with Crippen LogP contribution in [0.25, 0.3) is 5.69 Å². The number of halogens is 2. The third-order valence-electron chi connectivity index (χ3n) is 3.48. The van der Waals surface area contributed by atoms with Gasteiger partial charge in [-0.3, -0.25) is 9.59 Å². The molecular formula is C18H13Cl2N3O2. The van der Waals surface area contributed by atoms with Crippen LogP contribution in [-0.4, -0.2) is 15.7 Å². The Morgan fingerprint density at radius 1 is 1.04 bits per heavy atom. The quantitative estimate of drug-likeness (QED) is 0.751. The second-order valence-electron chi connectivity index (χ2n) is 5.35. The number of nitrogens with zero attached hydrogens (tertiary/aromatic N) is 2. The Labute approximate surface area is 153 Å². The van der Waals surface area contributed by atoms with Crippen molar-refractivity contribution in [2.75, 3.05) is 5.32 Å². The molecule has 1 N–H and O–H groups in total. The SMILES string of the molecule is Cc1cc(=O)c(C(=O)Nc2cccc(Cl)c2)nn1-c1ccc(Cl)cc1. The summed E-state index contributed by atoms with van der Waals surface area (Å²) in [5.41, 5.74) is 1.12. The standard InChI is InChI=1S/C18H13Cl2N3O2/c1-11-9-16(24)17(18(25)21-14-4-2-3-13(20)10-14)22-23(11)15-7-5-12(19)6-8-15/h2-10H,1H3,(H,21,25). The van der Waals surface area contributed by atoms with Crippen LogP contribution in [-0.2, 0) is 0 Å². The third kappa shape index (κ3) is 3.90. The molecule has 0 aliphatic heterocycles. The summed E-state index contributed by atoms with van der Waals surface area (Å²) in [6, 6.07) is 15.0. The maximum Gasteiger partial charge on any atom is 0.280 e. The Morgan fingerprint density at radius 2 is 1.76 bits per heavy atom. The first-order chi connectivity index (χ1) is 11.9. The summed E-state index contributed by atoms with van der Waals surface area (Å²) in [6.45, 7) is 1.74. The van der Waals surface area contributed by atoms with Gasteiger partial charge in [0.25, 0.3) is 5.91 Å². The highest BCUT2D eigenvalue weighted by Crippen LogP contribution is 2.16. The van der Waals surface area contributed by atoms with Crippen molar-refractivity contribution in [2.24, 2.45) is 0 Å². The first-order valence-corrected chi connectivity index (χ1v) is 8.13. The molecule has 25 heavy (non-hydrogen) atoms. The van der Waals surface area contributed by atoms with Crippen molar-refractivity contribution >= 4 is 34.8 Å². The zero-order valence-corrected chi connectivity index (χ0v) is 14.7. The van der Waals surface area contributed by atoms with Crippen LogP contribution in [0.2, 0.25) is 10.0 Å². The van der Waals surface area contributed by atoms with Crippen LogP contribution in [0.5, 0.6) is 0 Å². The number of aromatic nitrogens is 2. The van der Waals surface area contributed by atoms with Gasteiger partial charge >= 0.3 is 0 Å². The Bertz CT molecular complexity index is 998. The third-order valence-corrected chi connectivity index (χ3v) is 3.96. The van der Waals surface area contributed by atoms with Gasteiger partial charge in [-0.1, -0.05) is 29.3 Å². The molecule has 0 aliphatic rings. The average molecular weight is 374 g/mol. The summed E-state index contributed by atoms with van der Waals surface area (Å²) in [6.07, 6.45) is 0. The number of aryl methyl sites for hydroxylation is 1. The van der Waals surface area contributed by atoms with E-state index in [2.05, 4.69) is 10.4 Å². The molecule has 0 atom stereocenters. The molecule has 3 rings (SSSR count). The van der Waals surface area contributed by atoms with Crippen LogP contribution in [0, 0.1) is 6.92 Å². The van der Waals surface area contributed by atoms with Crippen LogP contribution in [0.15, 0.2) is 59.4 Å². The Balaban J connectivity index is 1.98. The summed E-state index contributed by atoms with van der Waals surface area (Å²) >= 11 is 11.8. The van der Waals surface area contributed by atoms with Crippen molar-refractivity contribution in [3.63, 3.8) is 0 Å². The molecule has 126 valence electrons. The molecule has 3 aromatic rings. The minimum absolute atomic E-state index is 0.208. The molecule has 1 heterocycles. The van der Waals surface area contributed by atoms with Gasteiger partial charge in [-0.05, 0) is 49.4 Å². The number of hydrogen-bond donors (Lipinski definition) is 1. The van der Waals surface area contributed by atoms with Gasteiger partial charge in [0.2, 0.25) is 5.43 Å². The van der Waals surface area contributed by atoms with Gasteiger partial charge in [0, 0.05) is 27.5 Å². The lowest BCUT2D eigenvalue weighted by Crippen LogP contribution is -2.26. The highest BCUT2D eigenvalue weighted by molar-refractivity contribution is 6.31. The molecule has 1 amide bonds. The van der Waals surface area contributed by atoms with E-state index < -0.39 is 11.3 Å². The van der Waals surface area contributed by atoms with Gasteiger partial charge in [0.15, 0.2) is 5.69 Å². The van der Waals surface area contributed by atoms with E-state index in [0.29, 0.717) is 27.1 Å². The molecule has 0 fully saturated rings. The average Bonchev–Trinajstić information content (AvgIpc) is 2.56. The fourth-order valence-corrected chi connectivity index (χ4v) is 2.62. The van der Waals surface area contributed by atoms with Crippen molar-refractivity contribution in [3.8, 4) is 5.69 Å². The molecule has 0 spiro atoms. The summed E-state index contributed by atoms with van der Waals surface area (Å²) in [5, 5.41) is 7.90. The first kappa shape index (κ1) is 17.2. The van der Waals surface area contributed by atoms with Crippen molar-refractivity contribution < 1.29 is 4.79 Å². The van der Waals surface area contributed by atoms with Gasteiger partial charge in [-0.25, -0.2) is 4.68 Å². The number of carbonyl (C=O) groups excluding carboxylic acids is 1. The fourth-order valence-electron chi connectivity index (χ4n) is 2.30. The van der Waals surface area contributed by atoms with Crippen molar-refractivity contribution in [2.45, 2.75) is 6.92 Å². The molecule has 0 bridgehead atoms. The lowest BCUT2D eigenvalue weighted by Gasteiger charge is -2.11. The van der Waals surface area contributed by atoms with E-state index in [-0.39, 0.29) is 5.69 Å². The number of nitrogens with one attached hydrogen (secondary N) is 1. The van der Waals surface area contributed by atoms with E-state index in [4.69, 9.17) is 23.2 Å². The summed E-state index contributed by atoms with van der Waals surface area (Å²) < 4.78 is 1.52. The van der Waals surface area contributed by atoms with Crippen molar-refractivity contribution in [3.05, 3.63) is 86.3 Å². The molecule has 0 unspecified atom stereocenters. The molecular weight excluding hydrogens is 361 g/mol. The number of rotatable bonds is 3. The Hall–Kier alpha value is -2.63. The minimum atomic E-state index is -0.602. The summed E-state index contributed by atoms with van der Waals surface area (Å²) in [5.74, 6) is -0.602. The fraction of sp³-hybridized carbons (Fsp3) is 0.0556. The monoisotopic (exact) mass is 373 g/mol. The Morgan fingerprint density at radius 3 is 2.44 bits per heavy atom. The smallest absolute Gasteiger partial charge is 0.280 e. The zero-order chi connectivity index (χ0) is 18.0. The van der Waals surface area contributed by atoms with Crippen LogP contribution in [0.3, 0.4) is 0 Å². The number of carbonyl (C=O) groups is 1. The van der Waals surface area contributed by atoms with Gasteiger partial charge in [0.05, 0.1) is 5.69 Å². The van der Waals surface area contributed by atoms with Gasteiger partial charge in [0.1, 0.15) is 0 Å². The first-order valence-electron chi connectivity index (χ1n) is 7.38. The van der Waals surface area contributed by atoms with Gasteiger partial charge in [-0.2, -0.15) is 5.10 Å². The van der Waals surface area contributed by atoms with Gasteiger partial charge < -0.3 is 5.32 Å². The topological polar surface area (TPSA) is 64.0 Å². The molecule has 0 aliphatic carbocycles. The minimum Gasteiger partial charge on any atom is -0.320 e. The predicted octanol–water partition coefficient (Wildman–Crippen LogP) is 4.10. The molecule has 1 aromatic heterocycles. The highest BCUT2D eigenvalue weighted by atomic mass is 35.5. The molecule has 0 saturated heterocycles. The van der Waals surface area contributed by atoms with Crippen LogP contribution in [0.4, 0.5) is 5.69 Å². The van der Waals surface area contributed by atoms with E-state index in [0.717, 1.165) is 0 Å². The van der Waals surface area contributed by atoms with Crippen LogP contribution in [0.1, 0.15) is 16.2 Å². The maximum absolute atomic E-state index is 12.4. The van der Waals surface area contributed by atoms with E-state index in [1.807, 2.05) is 0 Å². The summed E-state index contributed by atoms with van der Waals surface area (Å²) in [4.78, 5) is 24.6. The lowest BCUT2D eigenvalue weighted by atomic mass is 10.2. The van der Waals surface area contributed by atoms with Crippen LogP contribution >= 0.6 is 23.2 Å². The van der Waals surface area contributed by atoms with Gasteiger partial charge in [-0.15, -0.1) is 0 Å². The van der Waals surface area contributed by atoms with Crippen molar-refractivity contribution in [1.29, 1.82) is 0 Å². The highest BCUT2D eigenvalue weighted by Gasteiger charge is 2.15. The number of hydrogen-bond acceptors (Lipinski definition) is 3. The second kappa shape index (κ2) is 7.09. The molecule has 2 aromatic carbocycles. The zero-order valence-electron chi connectivity index (χ0n) is 13.2. The molecule has 0 saturated carbocycles. The molecule has 0 radical (unpaired) electrons. The van der Waals surface area contributed by atoms with E-state index in [1.165, 1.54) is 10.7 Å². The summed E-state index contributed by atoms with van der Waals surface area (Å²) in [7, 11) is 0. The molecule has 7 heteroatoms. The molecule has 5 nitrogen and oxygen atoms in total. The van der Waals surface area contributed by atoms with E-state index >= 15 is 0 Å². The maximum atomic E-state index is 12.4. The number of amides is 1. The number of benzene rings is 2. The number of anilines is 1. The normalized spacial score (nSPS) is 10.5. The van der Waals surface area contributed by atoms with E-state index in [1.54, 1.807) is 55.5 Å². The second-order valence-corrected chi connectivity index (χ2v) is 6.22. The van der Waals surface area contributed by atoms with Crippen molar-refractivity contribution in [1.82, 2.24) is 9.78 Å². The van der Waals surface area contributed by atoms with Crippen LogP contribution < -0.4 is 10.7 Å². The predicted molar refractivity (Wildman–Crippen MR) is 99.0 cm³/mol.